The van der Waals surface area contributed by atoms with Gasteiger partial charge in [-0.3, -0.25) is 0 Å². The van der Waals surface area contributed by atoms with Crippen LogP contribution in [0.25, 0.3) is 0 Å². The van der Waals surface area contributed by atoms with Crippen molar-refractivity contribution in [2.45, 2.75) is 6.92 Å². The monoisotopic (exact) mass is 85.1 g/mol. The van der Waals surface area contributed by atoms with Crippen LogP contribution in [0.15, 0.2) is 12.2 Å². The van der Waals surface area contributed by atoms with Crippen LogP contribution in [0.3, 0.4) is 0 Å². The maximum Gasteiger partial charge on any atom is 0.0131 e. The zero-order chi connectivity index (χ0) is 4.83. The first-order chi connectivity index (χ1) is 2.91. The number of allylic oxidation sites excluding steroid dienone is 1. The van der Waals surface area contributed by atoms with Crippen LogP contribution in [0.2, 0.25) is 0 Å². The molecule has 0 aromatic carbocycles. The fraction of sp³-hybridized carbons (Fsp3) is 0.600. The van der Waals surface area contributed by atoms with Crippen molar-refractivity contribution < 1.29 is 0 Å². The van der Waals surface area contributed by atoms with Crippen molar-refractivity contribution in [1.29, 1.82) is 0 Å². The van der Waals surface area contributed by atoms with Crippen LogP contribution in [0.4, 0.5) is 0 Å². The third-order valence-corrected chi connectivity index (χ3v) is 0.558. The second kappa shape index (κ2) is 4.70. The van der Waals surface area contributed by atoms with Gasteiger partial charge in [0.05, 0.1) is 0 Å². The molecule has 0 aliphatic carbocycles. The summed E-state index contributed by atoms with van der Waals surface area (Å²) in [6.45, 7) is 2.99. The van der Waals surface area contributed by atoms with Gasteiger partial charge in [-0.05, 0) is 14.0 Å². The molecule has 0 aromatic rings. The van der Waals surface area contributed by atoms with Gasteiger partial charge in [0.25, 0.3) is 0 Å². The minimum Gasteiger partial charge on any atom is -0.316 e. The lowest BCUT2D eigenvalue weighted by atomic mass is 10.5. The number of hydrogen-bond donors (Lipinski definition) is 1. The Morgan fingerprint density at radius 3 is 2.50 bits per heavy atom. The molecule has 0 fully saturated rings. The van der Waals surface area contributed by atoms with E-state index in [-0.39, 0.29) is 0 Å². The van der Waals surface area contributed by atoms with E-state index in [9.17, 15) is 0 Å². The summed E-state index contributed by atoms with van der Waals surface area (Å²) in [4.78, 5) is 0. The smallest absolute Gasteiger partial charge is 0.0131 e. The van der Waals surface area contributed by atoms with Gasteiger partial charge < -0.3 is 5.32 Å². The van der Waals surface area contributed by atoms with E-state index in [1.54, 1.807) is 0 Å². The minimum absolute atomic E-state index is 0.983. The number of likely N-dealkylation sites (N-methyl/N-ethyl adjacent to an activating group) is 1. The van der Waals surface area contributed by atoms with Gasteiger partial charge in [-0.2, -0.15) is 0 Å². The SMILES string of the molecule is C/C=C\CNC. The number of nitrogens with one attached hydrogen (secondary N) is 1. The van der Waals surface area contributed by atoms with Crippen molar-refractivity contribution in [3.63, 3.8) is 0 Å². The summed E-state index contributed by atoms with van der Waals surface area (Å²) in [6, 6.07) is 0. The molecule has 0 spiro atoms. The Balaban J connectivity index is 2.66. The Bertz CT molecular complexity index is 39.2. The van der Waals surface area contributed by atoms with Crippen LogP contribution in [0.1, 0.15) is 6.92 Å². The first kappa shape index (κ1) is 5.70. The first-order valence-corrected chi connectivity index (χ1v) is 2.17. The molecule has 0 amide bonds. The molecule has 0 unspecified atom stereocenters. The zero-order valence-electron chi connectivity index (χ0n) is 4.36. The van der Waals surface area contributed by atoms with Crippen molar-refractivity contribution in [3.8, 4) is 0 Å². The summed E-state index contributed by atoms with van der Waals surface area (Å²) in [5.41, 5.74) is 0. The zero-order valence-corrected chi connectivity index (χ0v) is 4.36. The molecule has 0 aliphatic rings. The summed E-state index contributed by atoms with van der Waals surface area (Å²) >= 11 is 0. The van der Waals surface area contributed by atoms with Gasteiger partial charge in [0.1, 0.15) is 0 Å². The quantitative estimate of drug-likeness (QED) is 0.489. The van der Waals surface area contributed by atoms with Crippen molar-refractivity contribution in [1.82, 2.24) is 5.32 Å². The molecule has 1 heteroatoms. The predicted molar refractivity (Wildman–Crippen MR) is 28.7 cm³/mol. The maximum atomic E-state index is 2.98. The van der Waals surface area contributed by atoms with Crippen molar-refractivity contribution in [2.24, 2.45) is 0 Å². The van der Waals surface area contributed by atoms with Crippen molar-refractivity contribution in [3.05, 3.63) is 12.2 Å². The maximum absolute atomic E-state index is 2.98. The average molecular weight is 85.1 g/mol. The van der Waals surface area contributed by atoms with Gasteiger partial charge in [-0.25, -0.2) is 0 Å². The van der Waals surface area contributed by atoms with E-state index in [1.165, 1.54) is 0 Å². The second-order valence-electron chi connectivity index (χ2n) is 1.13. The number of rotatable bonds is 2. The van der Waals surface area contributed by atoms with Crippen LogP contribution >= 0.6 is 0 Å². The van der Waals surface area contributed by atoms with E-state index in [4.69, 9.17) is 0 Å². The summed E-state index contributed by atoms with van der Waals surface area (Å²) in [5.74, 6) is 0. The van der Waals surface area contributed by atoms with E-state index in [1.807, 2.05) is 20.0 Å². The minimum atomic E-state index is 0.983. The lowest BCUT2D eigenvalue weighted by molar-refractivity contribution is 0.918. The lowest BCUT2D eigenvalue weighted by Gasteiger charge is -1.81. The van der Waals surface area contributed by atoms with E-state index in [0.717, 1.165) is 6.54 Å². The summed E-state index contributed by atoms with van der Waals surface area (Å²) < 4.78 is 0. The third-order valence-electron chi connectivity index (χ3n) is 0.558. The van der Waals surface area contributed by atoms with Gasteiger partial charge in [0, 0.05) is 6.54 Å². The highest BCUT2D eigenvalue weighted by molar-refractivity contribution is 4.77. The second-order valence-corrected chi connectivity index (χ2v) is 1.13. The van der Waals surface area contributed by atoms with Crippen LogP contribution in [-0.2, 0) is 0 Å². The predicted octanol–water partition coefficient (Wildman–Crippen LogP) is 0.782. The van der Waals surface area contributed by atoms with E-state index >= 15 is 0 Å². The molecule has 0 rings (SSSR count). The Morgan fingerprint density at radius 1 is 1.67 bits per heavy atom. The largest absolute Gasteiger partial charge is 0.316 e. The standard InChI is InChI=1S/C5H11N/c1-3-4-5-6-2/h3-4,6H,5H2,1-2H3/b4-3-. The molecule has 0 aromatic heterocycles. The Labute approximate surface area is 39.1 Å². The van der Waals surface area contributed by atoms with Gasteiger partial charge in [-0.1, -0.05) is 12.2 Å². The molecule has 0 heterocycles. The fourth-order valence-corrected chi connectivity index (χ4v) is 0.236. The van der Waals surface area contributed by atoms with Crippen LogP contribution in [-0.4, -0.2) is 13.6 Å². The molecular weight excluding hydrogens is 74.1 g/mol. The summed E-state index contributed by atoms with van der Waals surface area (Å²) in [7, 11) is 1.93. The molecule has 36 valence electrons. The van der Waals surface area contributed by atoms with Gasteiger partial charge in [0.15, 0.2) is 0 Å². The van der Waals surface area contributed by atoms with Crippen molar-refractivity contribution >= 4 is 0 Å². The molecular formula is C5H11N. The highest BCUT2D eigenvalue weighted by Crippen LogP contribution is 1.61. The van der Waals surface area contributed by atoms with Crippen molar-refractivity contribution in [2.75, 3.05) is 13.6 Å². The van der Waals surface area contributed by atoms with Gasteiger partial charge in [-0.15, -0.1) is 0 Å². The molecule has 6 heavy (non-hydrogen) atoms. The van der Waals surface area contributed by atoms with Crippen LogP contribution < -0.4 is 5.32 Å². The molecule has 1 nitrogen and oxygen atoms in total. The van der Waals surface area contributed by atoms with E-state index in [0.29, 0.717) is 0 Å². The highest BCUT2D eigenvalue weighted by atomic mass is 14.8. The van der Waals surface area contributed by atoms with E-state index in [2.05, 4.69) is 11.4 Å². The molecule has 0 saturated heterocycles. The molecule has 0 radical (unpaired) electrons. The first-order valence-electron chi connectivity index (χ1n) is 2.17. The molecule has 0 aliphatic heterocycles. The van der Waals surface area contributed by atoms with Gasteiger partial charge >= 0.3 is 0 Å². The van der Waals surface area contributed by atoms with Crippen LogP contribution in [0.5, 0.6) is 0 Å². The lowest BCUT2D eigenvalue weighted by Crippen LogP contribution is -2.03. The Hall–Kier alpha value is -0.300. The number of hydrogen-bond acceptors (Lipinski definition) is 1. The molecule has 0 bridgehead atoms. The van der Waals surface area contributed by atoms with Crippen LogP contribution in [0, 0.1) is 0 Å². The summed E-state index contributed by atoms with van der Waals surface area (Å²) in [6.07, 6.45) is 4.09. The molecule has 0 saturated carbocycles. The highest BCUT2D eigenvalue weighted by Gasteiger charge is 1.61. The van der Waals surface area contributed by atoms with Gasteiger partial charge in [0.2, 0.25) is 0 Å². The third kappa shape index (κ3) is 3.70. The molecule has 1 N–H and O–H groups in total. The Kier molecular flexibility index (Phi) is 4.46. The van der Waals surface area contributed by atoms with E-state index < -0.39 is 0 Å². The fourth-order valence-electron chi connectivity index (χ4n) is 0.236. The topological polar surface area (TPSA) is 12.0 Å². The normalized spacial score (nSPS) is 10.3. The Morgan fingerprint density at radius 2 is 2.33 bits per heavy atom. The molecule has 0 atom stereocenters. The summed E-state index contributed by atoms with van der Waals surface area (Å²) in [5, 5.41) is 2.98. The average Bonchev–Trinajstić information content (AvgIpc) is 1.61.